The molecule has 0 atom stereocenters. The van der Waals surface area contributed by atoms with Gasteiger partial charge in [0.2, 0.25) is 5.95 Å². The number of aromatic nitrogens is 4. The van der Waals surface area contributed by atoms with Crippen molar-refractivity contribution in [3.8, 4) is 10.8 Å². The maximum Gasteiger partial charge on any atom is 0.239 e. The monoisotopic (exact) mass is 181 g/mol. The first-order chi connectivity index (χ1) is 5.75. The molecule has 0 aliphatic heterocycles. The molecule has 0 radical (unpaired) electrons. The van der Waals surface area contributed by atoms with E-state index < -0.39 is 0 Å². The summed E-state index contributed by atoms with van der Waals surface area (Å²) in [6, 6.07) is 0. The third-order valence-electron chi connectivity index (χ3n) is 1.32. The van der Waals surface area contributed by atoms with Crippen molar-refractivity contribution in [2.75, 3.05) is 5.73 Å². The van der Waals surface area contributed by atoms with Gasteiger partial charge in [-0.25, -0.2) is 4.98 Å². The van der Waals surface area contributed by atoms with Gasteiger partial charge in [0.25, 0.3) is 0 Å². The van der Waals surface area contributed by atoms with Gasteiger partial charge in [-0.1, -0.05) is 0 Å². The molecule has 0 spiro atoms. The minimum Gasteiger partial charge on any atom is -0.366 e. The maximum absolute atomic E-state index is 5.35. The Morgan fingerprint density at radius 3 is 2.83 bits per heavy atom. The number of hydrogen-bond donors (Lipinski definition) is 2. The Hall–Kier alpha value is -1.43. The summed E-state index contributed by atoms with van der Waals surface area (Å²) in [4.78, 5) is 8.18. The highest BCUT2D eigenvalue weighted by molar-refractivity contribution is 7.13. The number of aryl methyl sites for hydroxylation is 1. The average molecular weight is 181 g/mol. The SMILES string of the molecule is Cc1csc(-c2nc(N)n[nH]2)n1. The Morgan fingerprint density at radius 1 is 1.50 bits per heavy atom. The minimum atomic E-state index is 0.248. The number of aromatic amines is 1. The molecule has 62 valence electrons. The molecule has 0 saturated carbocycles. The summed E-state index contributed by atoms with van der Waals surface area (Å²) in [5, 5.41) is 9.18. The number of anilines is 1. The normalized spacial score (nSPS) is 10.4. The van der Waals surface area contributed by atoms with Crippen LogP contribution in [0, 0.1) is 6.92 Å². The molecule has 12 heavy (non-hydrogen) atoms. The lowest BCUT2D eigenvalue weighted by molar-refractivity contribution is 1.10. The van der Waals surface area contributed by atoms with E-state index in [0.717, 1.165) is 10.7 Å². The van der Waals surface area contributed by atoms with Gasteiger partial charge in [0, 0.05) is 11.1 Å². The Balaban J connectivity index is 2.43. The predicted octanol–water partition coefficient (Wildman–Crippen LogP) is 0.819. The van der Waals surface area contributed by atoms with Gasteiger partial charge < -0.3 is 5.73 Å². The van der Waals surface area contributed by atoms with Crippen molar-refractivity contribution in [3.05, 3.63) is 11.1 Å². The van der Waals surface area contributed by atoms with Crippen molar-refractivity contribution in [1.82, 2.24) is 20.2 Å². The van der Waals surface area contributed by atoms with E-state index in [1.807, 2.05) is 12.3 Å². The summed E-state index contributed by atoms with van der Waals surface area (Å²) >= 11 is 1.52. The van der Waals surface area contributed by atoms with Crippen LogP contribution in [0.4, 0.5) is 5.95 Å². The molecular weight excluding hydrogens is 174 g/mol. The quantitative estimate of drug-likeness (QED) is 0.682. The molecular formula is C6H7N5S. The Kier molecular flexibility index (Phi) is 1.54. The molecule has 2 heterocycles. The Labute approximate surface area is 72.7 Å². The van der Waals surface area contributed by atoms with Gasteiger partial charge in [-0.15, -0.1) is 16.4 Å². The van der Waals surface area contributed by atoms with Crippen molar-refractivity contribution in [1.29, 1.82) is 0 Å². The van der Waals surface area contributed by atoms with E-state index in [9.17, 15) is 0 Å². The summed E-state index contributed by atoms with van der Waals surface area (Å²) in [6.45, 7) is 1.93. The molecule has 2 rings (SSSR count). The van der Waals surface area contributed by atoms with Gasteiger partial charge in [-0.2, -0.15) is 4.98 Å². The summed E-state index contributed by atoms with van der Waals surface area (Å²) in [5.74, 6) is 0.878. The number of nitrogen functional groups attached to an aromatic ring is 1. The Morgan fingerprint density at radius 2 is 2.33 bits per heavy atom. The molecule has 0 amide bonds. The molecule has 2 aromatic rings. The lowest BCUT2D eigenvalue weighted by Gasteiger charge is -1.83. The van der Waals surface area contributed by atoms with E-state index in [1.54, 1.807) is 0 Å². The van der Waals surface area contributed by atoms with Crippen LogP contribution in [-0.2, 0) is 0 Å². The molecule has 0 saturated heterocycles. The van der Waals surface area contributed by atoms with Crippen molar-refractivity contribution in [3.63, 3.8) is 0 Å². The van der Waals surface area contributed by atoms with Crippen LogP contribution < -0.4 is 5.73 Å². The zero-order valence-corrected chi connectivity index (χ0v) is 7.22. The molecule has 2 aromatic heterocycles. The fourth-order valence-electron chi connectivity index (χ4n) is 0.833. The van der Waals surface area contributed by atoms with Crippen molar-refractivity contribution >= 4 is 17.3 Å². The molecule has 0 bridgehead atoms. The van der Waals surface area contributed by atoms with Gasteiger partial charge in [0.05, 0.1) is 0 Å². The van der Waals surface area contributed by atoms with Crippen molar-refractivity contribution in [2.45, 2.75) is 6.92 Å². The van der Waals surface area contributed by atoms with Gasteiger partial charge in [0.1, 0.15) is 0 Å². The van der Waals surface area contributed by atoms with E-state index in [-0.39, 0.29) is 5.95 Å². The molecule has 0 aliphatic carbocycles. The van der Waals surface area contributed by atoms with Gasteiger partial charge >= 0.3 is 0 Å². The zero-order chi connectivity index (χ0) is 8.55. The highest BCUT2D eigenvalue weighted by Gasteiger charge is 2.06. The molecule has 0 unspecified atom stereocenters. The first-order valence-electron chi connectivity index (χ1n) is 3.36. The average Bonchev–Trinajstić information content (AvgIpc) is 2.58. The third-order valence-corrected chi connectivity index (χ3v) is 2.29. The zero-order valence-electron chi connectivity index (χ0n) is 6.40. The first-order valence-corrected chi connectivity index (χ1v) is 4.24. The fraction of sp³-hybridized carbons (Fsp3) is 0.167. The molecule has 0 fully saturated rings. The lowest BCUT2D eigenvalue weighted by atomic mass is 10.6. The van der Waals surface area contributed by atoms with E-state index in [2.05, 4.69) is 20.2 Å². The predicted molar refractivity (Wildman–Crippen MR) is 46.6 cm³/mol. The second-order valence-electron chi connectivity index (χ2n) is 2.34. The first kappa shape index (κ1) is 7.23. The molecule has 6 heteroatoms. The second kappa shape index (κ2) is 2.56. The smallest absolute Gasteiger partial charge is 0.239 e. The van der Waals surface area contributed by atoms with Crippen LogP contribution in [0.2, 0.25) is 0 Å². The van der Waals surface area contributed by atoms with Crippen LogP contribution in [0.1, 0.15) is 5.69 Å². The standard InChI is InChI=1S/C6H7N5S/c1-3-2-12-5(8-3)4-9-6(7)11-10-4/h2H,1H3,(H3,7,9,10,11). The number of thiazole rings is 1. The Bertz CT molecular complexity index is 352. The van der Waals surface area contributed by atoms with E-state index >= 15 is 0 Å². The number of hydrogen-bond acceptors (Lipinski definition) is 5. The van der Waals surface area contributed by atoms with E-state index in [1.165, 1.54) is 11.3 Å². The summed E-state index contributed by atoms with van der Waals surface area (Å²) in [7, 11) is 0. The van der Waals surface area contributed by atoms with Crippen LogP contribution >= 0.6 is 11.3 Å². The summed E-state index contributed by atoms with van der Waals surface area (Å²) in [5.41, 5.74) is 6.32. The largest absolute Gasteiger partial charge is 0.366 e. The van der Waals surface area contributed by atoms with Crippen LogP contribution in [0.3, 0.4) is 0 Å². The summed E-state index contributed by atoms with van der Waals surface area (Å²) in [6.07, 6.45) is 0. The molecule has 0 aliphatic rings. The molecule has 3 N–H and O–H groups in total. The van der Waals surface area contributed by atoms with E-state index in [4.69, 9.17) is 5.73 Å². The van der Waals surface area contributed by atoms with Crippen molar-refractivity contribution in [2.24, 2.45) is 0 Å². The van der Waals surface area contributed by atoms with Gasteiger partial charge in [-0.05, 0) is 6.92 Å². The van der Waals surface area contributed by atoms with Crippen molar-refractivity contribution < 1.29 is 0 Å². The number of nitrogens with zero attached hydrogens (tertiary/aromatic N) is 3. The lowest BCUT2D eigenvalue weighted by Crippen LogP contribution is -1.85. The third kappa shape index (κ3) is 1.16. The highest BCUT2D eigenvalue weighted by Crippen LogP contribution is 2.19. The summed E-state index contributed by atoms with van der Waals surface area (Å²) < 4.78 is 0. The molecule has 0 aromatic carbocycles. The van der Waals surface area contributed by atoms with Crippen LogP contribution in [0.5, 0.6) is 0 Å². The number of H-pyrrole nitrogens is 1. The number of rotatable bonds is 1. The number of nitrogens with two attached hydrogens (primary N) is 1. The van der Waals surface area contributed by atoms with Crippen LogP contribution in [0.25, 0.3) is 10.8 Å². The minimum absolute atomic E-state index is 0.248. The highest BCUT2D eigenvalue weighted by atomic mass is 32.1. The van der Waals surface area contributed by atoms with Gasteiger partial charge in [0.15, 0.2) is 10.8 Å². The fourth-order valence-corrected chi connectivity index (χ4v) is 1.57. The second-order valence-corrected chi connectivity index (χ2v) is 3.19. The van der Waals surface area contributed by atoms with Gasteiger partial charge in [-0.3, -0.25) is 5.10 Å². The van der Waals surface area contributed by atoms with Crippen LogP contribution in [-0.4, -0.2) is 20.2 Å². The number of nitrogens with one attached hydrogen (secondary N) is 1. The topological polar surface area (TPSA) is 80.5 Å². The maximum atomic E-state index is 5.35. The van der Waals surface area contributed by atoms with Crippen LogP contribution in [0.15, 0.2) is 5.38 Å². The molecule has 5 nitrogen and oxygen atoms in total. The van der Waals surface area contributed by atoms with E-state index in [0.29, 0.717) is 5.82 Å².